The van der Waals surface area contributed by atoms with Crippen molar-refractivity contribution in [3.8, 4) is 5.75 Å². The second-order valence-corrected chi connectivity index (χ2v) is 9.49. The number of likely N-dealkylation sites (N-methyl/N-ethyl adjacent to an activating group) is 1. The summed E-state index contributed by atoms with van der Waals surface area (Å²) in [6.45, 7) is 1.33. The van der Waals surface area contributed by atoms with E-state index in [9.17, 15) is 39.9 Å². The fourth-order valence-corrected chi connectivity index (χ4v) is 5.91. The molecule has 10 nitrogen and oxygen atoms in total. The largest absolute Gasteiger partial charge is 1.00 e. The second-order valence-electron chi connectivity index (χ2n) is 9.08. The van der Waals surface area contributed by atoms with E-state index in [1.54, 1.807) is 0 Å². The quantitative estimate of drug-likeness (QED) is 0.100. The molecule has 184 valence electrons. The SMILES string of the molecule is CN(C)[C@@H]1C(=O)/C(=C(\N)O)C(=O)[C@@]2(O)C(=O)C3=C(O)c4c(O)ccc(Cl)c4[C@@](C)(O)[C@H]3C[C@@H]12.[Cl-].[H+]. The molecular weight excluding hydrogens is 491 g/mol. The number of nitrogens with two attached hydrogens (primary N) is 1. The highest BCUT2D eigenvalue weighted by Gasteiger charge is 2.68. The Balaban J connectivity index is 0.00000216. The van der Waals surface area contributed by atoms with Crippen LogP contribution in [0.5, 0.6) is 5.75 Å². The van der Waals surface area contributed by atoms with Gasteiger partial charge in [-0.25, -0.2) is 0 Å². The predicted molar refractivity (Wildman–Crippen MR) is 116 cm³/mol. The van der Waals surface area contributed by atoms with Gasteiger partial charge in [0.15, 0.2) is 17.3 Å². The number of aromatic hydroxyl groups is 1. The molecular formula is C22H24Cl2N2O8. The zero-order valence-electron chi connectivity index (χ0n) is 19.3. The van der Waals surface area contributed by atoms with Gasteiger partial charge in [0, 0.05) is 28.0 Å². The van der Waals surface area contributed by atoms with Crippen LogP contribution in [0.2, 0.25) is 5.02 Å². The van der Waals surface area contributed by atoms with Crippen molar-refractivity contribution in [2.45, 2.75) is 30.6 Å². The van der Waals surface area contributed by atoms with E-state index in [0.29, 0.717) is 0 Å². The molecule has 12 heteroatoms. The fraction of sp³-hybridized carbons (Fsp3) is 0.409. The minimum Gasteiger partial charge on any atom is -1.00 e. The first-order valence-corrected chi connectivity index (χ1v) is 10.5. The van der Waals surface area contributed by atoms with E-state index in [2.05, 4.69) is 0 Å². The van der Waals surface area contributed by atoms with Crippen molar-refractivity contribution in [2.24, 2.45) is 17.6 Å². The highest BCUT2D eigenvalue weighted by molar-refractivity contribution is 6.36. The minimum atomic E-state index is -2.85. The molecule has 2 saturated carbocycles. The Morgan fingerprint density at radius 2 is 1.76 bits per heavy atom. The highest BCUT2D eigenvalue weighted by atomic mass is 35.5. The molecule has 4 rings (SSSR count). The van der Waals surface area contributed by atoms with Crippen LogP contribution in [0.3, 0.4) is 0 Å². The smallest absolute Gasteiger partial charge is 1.00 e. The first-order valence-electron chi connectivity index (χ1n) is 10.1. The lowest BCUT2D eigenvalue weighted by Crippen LogP contribution is -3.00. The molecule has 0 aliphatic heterocycles. The van der Waals surface area contributed by atoms with Crippen LogP contribution in [0.25, 0.3) is 5.76 Å². The molecule has 3 aliphatic rings. The number of phenols is 1. The van der Waals surface area contributed by atoms with Crippen LogP contribution in [-0.2, 0) is 20.0 Å². The summed E-state index contributed by atoms with van der Waals surface area (Å²) in [5.74, 6) is -8.40. The fourth-order valence-electron chi connectivity index (χ4n) is 5.57. The van der Waals surface area contributed by atoms with Crippen LogP contribution in [-0.4, -0.2) is 73.5 Å². The molecule has 34 heavy (non-hydrogen) atoms. The number of nitrogens with zero attached hydrogens (tertiary/aromatic N) is 1. The normalized spacial score (nSPS) is 34.3. The van der Waals surface area contributed by atoms with Crippen LogP contribution in [0.15, 0.2) is 29.2 Å². The Kier molecular flexibility index (Phi) is 6.08. The van der Waals surface area contributed by atoms with Gasteiger partial charge in [-0.05, 0) is 39.6 Å². The Labute approximate surface area is 206 Å². The molecule has 5 atom stereocenters. The van der Waals surface area contributed by atoms with E-state index in [0.717, 1.165) is 0 Å². The molecule has 1 aromatic carbocycles. The number of hydrogen-bond donors (Lipinski definition) is 6. The third-order valence-electron chi connectivity index (χ3n) is 7.06. The average molecular weight is 515 g/mol. The third-order valence-corrected chi connectivity index (χ3v) is 7.37. The minimum absolute atomic E-state index is 0. The first-order chi connectivity index (χ1) is 15.2. The van der Waals surface area contributed by atoms with E-state index < -0.39 is 75.0 Å². The summed E-state index contributed by atoms with van der Waals surface area (Å²) in [6.07, 6.45) is -0.279. The summed E-state index contributed by atoms with van der Waals surface area (Å²) in [6, 6.07) is 1.23. The molecule has 0 heterocycles. The lowest BCUT2D eigenvalue weighted by molar-refractivity contribution is -0.169. The van der Waals surface area contributed by atoms with Gasteiger partial charge in [-0.15, -0.1) is 0 Å². The first kappa shape index (κ1) is 26.0. The van der Waals surface area contributed by atoms with E-state index in [4.69, 9.17) is 17.3 Å². The number of carbonyl (C=O) groups excluding carboxylic acids is 3. The zero-order chi connectivity index (χ0) is 24.8. The lowest BCUT2D eigenvalue weighted by Gasteiger charge is -2.53. The summed E-state index contributed by atoms with van der Waals surface area (Å²) < 4.78 is 0. The van der Waals surface area contributed by atoms with Gasteiger partial charge in [-0.1, -0.05) is 11.6 Å². The van der Waals surface area contributed by atoms with Crippen molar-refractivity contribution in [3.63, 3.8) is 0 Å². The molecule has 0 radical (unpaired) electrons. The third kappa shape index (κ3) is 3.03. The molecule has 0 amide bonds. The van der Waals surface area contributed by atoms with E-state index in [1.807, 2.05) is 0 Å². The number of ketones is 3. The maximum Gasteiger partial charge on any atom is 1.00 e. The Hall–Kier alpha value is -2.63. The topological polar surface area (TPSA) is 182 Å². The van der Waals surface area contributed by atoms with Crippen LogP contribution in [0, 0.1) is 11.8 Å². The average Bonchev–Trinajstić information content (AvgIpc) is 2.69. The number of halogens is 2. The maximum atomic E-state index is 13.7. The number of hydrogen-bond acceptors (Lipinski definition) is 10. The summed E-state index contributed by atoms with van der Waals surface area (Å²) in [4.78, 5) is 41.3. The van der Waals surface area contributed by atoms with E-state index in [1.165, 1.54) is 38.1 Å². The van der Waals surface area contributed by atoms with Gasteiger partial charge in [0.1, 0.15) is 17.1 Å². The van der Waals surface area contributed by atoms with Gasteiger partial charge in [-0.2, -0.15) is 0 Å². The molecule has 1 aromatic rings. The Morgan fingerprint density at radius 1 is 1.18 bits per heavy atom. The van der Waals surface area contributed by atoms with Gasteiger partial charge in [0.25, 0.3) is 0 Å². The van der Waals surface area contributed by atoms with Crippen LogP contribution in [0.1, 0.15) is 25.9 Å². The standard InChI is InChI=1S/C22H23ClN2O8.ClH/c1-21(32)7-6-8-15(25(2)3)17(28)13(20(24)31)19(30)22(8,33)18(29)11(7)16(27)12-10(26)5-4-9(23)14(12)21;/h4-5,7-8,15,26-27,31-33H,6,24H2,1-3H3;1H/b20-13-;/t7-,8-,15-,21-,22-;/m0./s1. The van der Waals surface area contributed by atoms with Gasteiger partial charge < -0.3 is 43.7 Å². The number of rotatable bonds is 1. The van der Waals surface area contributed by atoms with Gasteiger partial charge in [-0.3, -0.25) is 19.3 Å². The summed E-state index contributed by atoms with van der Waals surface area (Å²) in [7, 11) is 2.97. The number of benzene rings is 1. The van der Waals surface area contributed by atoms with Crippen molar-refractivity contribution in [3.05, 3.63) is 45.3 Å². The number of aliphatic hydroxyl groups excluding tert-OH is 2. The van der Waals surface area contributed by atoms with Gasteiger partial charge >= 0.3 is 1.43 Å². The molecule has 3 aliphatic carbocycles. The molecule has 0 bridgehead atoms. The molecule has 2 fully saturated rings. The molecule has 0 spiro atoms. The van der Waals surface area contributed by atoms with E-state index >= 15 is 0 Å². The lowest BCUT2D eigenvalue weighted by atomic mass is 9.53. The number of aliphatic hydroxyl groups is 4. The van der Waals surface area contributed by atoms with Gasteiger partial charge in [0.05, 0.1) is 17.2 Å². The number of fused-ring (bicyclic) bond motifs is 3. The molecule has 0 unspecified atom stereocenters. The Bertz CT molecular complexity index is 1210. The molecule has 0 saturated heterocycles. The molecule has 7 N–H and O–H groups in total. The Morgan fingerprint density at radius 3 is 2.29 bits per heavy atom. The second kappa shape index (κ2) is 7.96. The van der Waals surface area contributed by atoms with Crippen molar-refractivity contribution >= 4 is 34.7 Å². The summed E-state index contributed by atoms with van der Waals surface area (Å²) >= 11 is 6.27. The van der Waals surface area contributed by atoms with Crippen LogP contribution in [0.4, 0.5) is 0 Å². The summed E-state index contributed by atoms with van der Waals surface area (Å²) in [5, 5.41) is 54.2. The maximum absolute atomic E-state index is 13.7. The summed E-state index contributed by atoms with van der Waals surface area (Å²) in [5.41, 5.74) is -1.15. The van der Waals surface area contributed by atoms with E-state index in [-0.39, 0.29) is 36.4 Å². The van der Waals surface area contributed by atoms with Crippen molar-refractivity contribution in [1.29, 1.82) is 0 Å². The number of Topliss-reactive ketones (excluding diaryl/α,β-unsaturated/α-hetero) is 3. The van der Waals surface area contributed by atoms with Crippen LogP contribution >= 0.6 is 11.6 Å². The number of phenolic OH excluding ortho intramolecular Hbond substituents is 1. The van der Waals surface area contributed by atoms with Crippen LogP contribution < -0.4 is 18.1 Å². The predicted octanol–water partition coefficient (Wildman–Crippen LogP) is -2.60. The molecule has 0 aromatic heterocycles. The van der Waals surface area contributed by atoms with Crippen molar-refractivity contribution < 1.29 is 53.7 Å². The highest BCUT2D eigenvalue weighted by Crippen LogP contribution is 2.57. The number of carbonyl (C=O) groups is 3. The zero-order valence-corrected chi connectivity index (χ0v) is 19.8. The monoisotopic (exact) mass is 514 g/mol. The van der Waals surface area contributed by atoms with Crippen molar-refractivity contribution in [2.75, 3.05) is 14.1 Å². The van der Waals surface area contributed by atoms with Crippen molar-refractivity contribution in [1.82, 2.24) is 4.90 Å². The van der Waals surface area contributed by atoms with Gasteiger partial charge in [0.2, 0.25) is 11.6 Å².